The molecule has 0 aliphatic carbocycles. The van der Waals surface area contributed by atoms with E-state index in [9.17, 15) is 0 Å². The Morgan fingerprint density at radius 2 is 1.55 bits per heavy atom. The van der Waals surface area contributed by atoms with Gasteiger partial charge in [-0.15, -0.1) is 0 Å². The maximum absolute atomic E-state index is 5.10. The molecule has 0 spiro atoms. The molecular formula is C20H38N2. The lowest BCUT2D eigenvalue weighted by atomic mass is 9.80. The minimum atomic E-state index is 0.175. The molecule has 2 nitrogen and oxygen atoms in total. The van der Waals surface area contributed by atoms with Crippen LogP contribution in [0.5, 0.6) is 0 Å². The molecule has 128 valence electrons. The fourth-order valence-corrected chi connectivity index (χ4v) is 3.40. The summed E-state index contributed by atoms with van der Waals surface area (Å²) in [6, 6.07) is 0. The number of nitrogens with one attached hydrogen (secondary N) is 1. The van der Waals surface area contributed by atoms with Crippen molar-refractivity contribution in [3.8, 4) is 0 Å². The van der Waals surface area contributed by atoms with Gasteiger partial charge in [0.2, 0.25) is 0 Å². The van der Waals surface area contributed by atoms with Crippen LogP contribution in [0.4, 0.5) is 0 Å². The van der Waals surface area contributed by atoms with E-state index in [0.717, 1.165) is 0 Å². The topological polar surface area (TPSA) is 28.7 Å². The van der Waals surface area contributed by atoms with Crippen molar-refractivity contribution >= 4 is 0 Å². The highest BCUT2D eigenvalue weighted by Gasteiger charge is 2.29. The molecule has 0 amide bonds. The molecule has 0 aromatic carbocycles. The highest BCUT2D eigenvalue weighted by molar-refractivity contribution is 5.27. The van der Waals surface area contributed by atoms with Gasteiger partial charge >= 0.3 is 0 Å². The van der Waals surface area contributed by atoms with Gasteiger partial charge in [0, 0.05) is 17.0 Å². The molecule has 22 heavy (non-hydrogen) atoms. The van der Waals surface area contributed by atoms with Gasteiger partial charge in [0.15, 0.2) is 0 Å². The van der Waals surface area contributed by atoms with Crippen molar-refractivity contribution in [2.75, 3.05) is 0 Å². The second-order valence-corrected chi connectivity index (χ2v) is 7.75. The average molecular weight is 307 g/mol. The van der Waals surface area contributed by atoms with Gasteiger partial charge in [-0.05, 0) is 25.2 Å². The normalized spacial score (nSPS) is 15.0. The van der Waals surface area contributed by atoms with E-state index in [1.54, 1.807) is 0 Å². The minimum Gasteiger partial charge on any atom is -0.345 e. The van der Waals surface area contributed by atoms with Crippen molar-refractivity contribution in [2.45, 2.75) is 111 Å². The van der Waals surface area contributed by atoms with Crippen molar-refractivity contribution < 1.29 is 0 Å². The second kappa shape index (κ2) is 8.74. The third kappa shape index (κ3) is 4.86. The highest BCUT2D eigenvalue weighted by atomic mass is 15.0. The smallest absolute Gasteiger partial charge is 0.109 e. The van der Waals surface area contributed by atoms with Crippen molar-refractivity contribution in [3.63, 3.8) is 0 Å². The van der Waals surface area contributed by atoms with Gasteiger partial charge in [0.1, 0.15) is 5.82 Å². The predicted molar refractivity (Wildman–Crippen MR) is 97.8 cm³/mol. The first kappa shape index (κ1) is 19.3. The lowest BCUT2D eigenvalue weighted by molar-refractivity contribution is 0.438. The summed E-state index contributed by atoms with van der Waals surface area (Å²) < 4.78 is 0. The first-order valence-corrected chi connectivity index (χ1v) is 9.47. The van der Waals surface area contributed by atoms with E-state index in [2.05, 4.69) is 53.5 Å². The molecule has 0 aliphatic rings. The van der Waals surface area contributed by atoms with Crippen LogP contribution in [0.15, 0.2) is 0 Å². The first-order valence-electron chi connectivity index (χ1n) is 9.47. The van der Waals surface area contributed by atoms with Gasteiger partial charge in [0.05, 0.1) is 5.69 Å². The number of nitrogens with zero attached hydrogens (tertiary/aromatic N) is 1. The predicted octanol–water partition coefficient (Wildman–Crippen LogP) is 6.68. The quantitative estimate of drug-likeness (QED) is 0.513. The van der Waals surface area contributed by atoms with Crippen LogP contribution in [-0.4, -0.2) is 9.97 Å². The van der Waals surface area contributed by atoms with E-state index in [-0.39, 0.29) is 5.41 Å². The zero-order chi connectivity index (χ0) is 16.8. The van der Waals surface area contributed by atoms with Crippen LogP contribution in [0, 0.1) is 0 Å². The van der Waals surface area contributed by atoms with E-state index in [1.807, 2.05) is 0 Å². The standard InChI is InChI=1S/C20H38N2/c1-8-11-14-20(6,7)18-17(15(4)12-9-2)21-19(22-18)16(5)13-10-3/h15-16H,8-14H2,1-7H3,(H,21,22). The Morgan fingerprint density at radius 3 is 2.09 bits per heavy atom. The Balaban J connectivity index is 3.15. The van der Waals surface area contributed by atoms with E-state index in [4.69, 9.17) is 4.98 Å². The fraction of sp³-hybridized carbons (Fsp3) is 0.850. The van der Waals surface area contributed by atoms with E-state index >= 15 is 0 Å². The number of rotatable bonds is 10. The van der Waals surface area contributed by atoms with Crippen molar-refractivity contribution in [1.82, 2.24) is 9.97 Å². The minimum absolute atomic E-state index is 0.175. The summed E-state index contributed by atoms with van der Waals surface area (Å²) in [6.07, 6.45) is 8.66. The molecular weight excluding hydrogens is 268 g/mol. The molecule has 0 radical (unpaired) electrons. The Kier molecular flexibility index (Phi) is 7.65. The zero-order valence-electron chi connectivity index (χ0n) is 16.1. The molecule has 1 rings (SSSR count). The van der Waals surface area contributed by atoms with E-state index in [0.29, 0.717) is 11.8 Å². The number of aromatic nitrogens is 2. The molecule has 1 N–H and O–H groups in total. The number of imidazole rings is 1. The van der Waals surface area contributed by atoms with Crippen molar-refractivity contribution in [3.05, 3.63) is 17.2 Å². The summed E-state index contributed by atoms with van der Waals surface area (Å²) >= 11 is 0. The van der Waals surface area contributed by atoms with Crippen LogP contribution >= 0.6 is 0 Å². The van der Waals surface area contributed by atoms with E-state index < -0.39 is 0 Å². The van der Waals surface area contributed by atoms with Gasteiger partial charge in [-0.1, -0.05) is 74.1 Å². The molecule has 0 bridgehead atoms. The summed E-state index contributed by atoms with van der Waals surface area (Å²) in [6.45, 7) is 16.2. The molecule has 0 saturated heterocycles. The Hall–Kier alpha value is -0.790. The summed E-state index contributed by atoms with van der Waals surface area (Å²) in [7, 11) is 0. The molecule has 2 heteroatoms. The Labute approximate surface area is 138 Å². The number of hydrogen-bond acceptors (Lipinski definition) is 1. The Morgan fingerprint density at radius 1 is 0.955 bits per heavy atom. The van der Waals surface area contributed by atoms with Crippen LogP contribution in [0.3, 0.4) is 0 Å². The maximum Gasteiger partial charge on any atom is 0.109 e. The highest BCUT2D eigenvalue weighted by Crippen LogP contribution is 2.36. The van der Waals surface area contributed by atoms with Crippen molar-refractivity contribution in [2.24, 2.45) is 0 Å². The van der Waals surface area contributed by atoms with Crippen LogP contribution in [0.1, 0.15) is 122 Å². The first-order chi connectivity index (χ1) is 10.4. The summed E-state index contributed by atoms with van der Waals surface area (Å²) in [5.74, 6) is 2.32. The van der Waals surface area contributed by atoms with E-state index in [1.165, 1.54) is 62.2 Å². The van der Waals surface area contributed by atoms with Crippen molar-refractivity contribution in [1.29, 1.82) is 0 Å². The average Bonchev–Trinajstić information content (AvgIpc) is 2.92. The molecule has 1 heterocycles. The summed E-state index contributed by atoms with van der Waals surface area (Å²) in [4.78, 5) is 8.82. The van der Waals surface area contributed by atoms with Gasteiger partial charge < -0.3 is 4.98 Å². The lowest BCUT2D eigenvalue weighted by Crippen LogP contribution is -2.20. The SMILES string of the molecule is CCCCC(C)(C)c1nc(C(C)CCC)[nH]c1C(C)CCC. The maximum atomic E-state index is 5.10. The number of unbranched alkanes of at least 4 members (excludes halogenated alkanes) is 1. The van der Waals surface area contributed by atoms with Crippen LogP contribution in [0.25, 0.3) is 0 Å². The molecule has 2 unspecified atom stereocenters. The molecule has 1 aromatic heterocycles. The largest absolute Gasteiger partial charge is 0.345 e. The molecule has 0 saturated carbocycles. The van der Waals surface area contributed by atoms with Gasteiger partial charge in [-0.3, -0.25) is 0 Å². The monoisotopic (exact) mass is 306 g/mol. The second-order valence-electron chi connectivity index (χ2n) is 7.75. The van der Waals surface area contributed by atoms with Crippen LogP contribution in [-0.2, 0) is 5.41 Å². The molecule has 0 aliphatic heterocycles. The lowest BCUT2D eigenvalue weighted by Gasteiger charge is -2.25. The van der Waals surface area contributed by atoms with Crippen LogP contribution < -0.4 is 0 Å². The fourth-order valence-electron chi connectivity index (χ4n) is 3.40. The number of aromatic amines is 1. The molecule has 0 fully saturated rings. The van der Waals surface area contributed by atoms with Gasteiger partial charge in [-0.2, -0.15) is 0 Å². The molecule has 2 atom stereocenters. The molecule has 1 aromatic rings. The zero-order valence-corrected chi connectivity index (χ0v) is 16.1. The van der Waals surface area contributed by atoms with Gasteiger partial charge in [0.25, 0.3) is 0 Å². The number of hydrogen-bond donors (Lipinski definition) is 1. The third-order valence-electron chi connectivity index (χ3n) is 4.95. The number of H-pyrrole nitrogens is 1. The summed E-state index contributed by atoms with van der Waals surface area (Å²) in [5.41, 5.74) is 2.91. The van der Waals surface area contributed by atoms with Crippen LogP contribution in [0.2, 0.25) is 0 Å². The van der Waals surface area contributed by atoms with Gasteiger partial charge in [-0.25, -0.2) is 4.98 Å². The summed E-state index contributed by atoms with van der Waals surface area (Å²) in [5, 5.41) is 0. The third-order valence-corrected chi connectivity index (χ3v) is 4.95. The Bertz CT molecular complexity index is 431.